The highest BCUT2D eigenvalue weighted by Gasteiger charge is 2.19. The molecular formula is C17H13FN2O3S. The molecule has 0 fully saturated rings. The van der Waals surface area contributed by atoms with E-state index in [1.165, 1.54) is 35.6 Å². The first kappa shape index (κ1) is 16.1. The minimum Gasteiger partial charge on any atom is -0.481 e. The summed E-state index contributed by atoms with van der Waals surface area (Å²) in [6.07, 6.45) is -0.295. The van der Waals surface area contributed by atoms with Gasteiger partial charge >= 0.3 is 5.97 Å². The van der Waals surface area contributed by atoms with Crippen molar-refractivity contribution in [2.75, 3.05) is 0 Å². The molecule has 0 spiro atoms. The van der Waals surface area contributed by atoms with E-state index in [9.17, 15) is 14.0 Å². The Morgan fingerprint density at radius 3 is 2.67 bits per heavy atom. The zero-order chi connectivity index (χ0) is 17.1. The van der Waals surface area contributed by atoms with Crippen molar-refractivity contribution in [3.8, 4) is 0 Å². The van der Waals surface area contributed by atoms with Crippen LogP contribution in [0.25, 0.3) is 10.2 Å². The average Bonchev–Trinajstić information content (AvgIpc) is 3.02. The van der Waals surface area contributed by atoms with E-state index in [0.29, 0.717) is 16.6 Å². The molecule has 3 rings (SSSR count). The van der Waals surface area contributed by atoms with Crippen molar-refractivity contribution in [1.29, 1.82) is 0 Å². The maximum Gasteiger partial charge on any atom is 0.305 e. The van der Waals surface area contributed by atoms with E-state index in [4.69, 9.17) is 5.11 Å². The highest BCUT2D eigenvalue weighted by molar-refractivity contribution is 7.16. The van der Waals surface area contributed by atoms with E-state index in [-0.39, 0.29) is 6.42 Å². The molecular weight excluding hydrogens is 331 g/mol. The zero-order valence-corrected chi connectivity index (χ0v) is 13.2. The minimum absolute atomic E-state index is 0.295. The maximum atomic E-state index is 13.0. The number of fused-ring (bicyclic) bond motifs is 1. The van der Waals surface area contributed by atoms with Crippen LogP contribution in [0.3, 0.4) is 0 Å². The van der Waals surface area contributed by atoms with E-state index >= 15 is 0 Å². The van der Waals surface area contributed by atoms with E-state index in [0.717, 1.165) is 4.70 Å². The lowest BCUT2D eigenvalue weighted by Crippen LogP contribution is -2.30. The van der Waals surface area contributed by atoms with Crippen LogP contribution in [-0.2, 0) is 4.79 Å². The average molecular weight is 344 g/mol. The molecule has 2 aromatic carbocycles. The summed E-state index contributed by atoms with van der Waals surface area (Å²) >= 11 is 1.47. The van der Waals surface area contributed by atoms with E-state index in [1.54, 1.807) is 23.7 Å². The van der Waals surface area contributed by atoms with Gasteiger partial charge in [0.15, 0.2) is 0 Å². The standard InChI is InChI=1S/C17H13FN2O3S/c18-12-4-1-10(2-5-12)13(8-16(21)22)20-17(23)11-3-6-15-14(7-11)19-9-24-15/h1-7,9,13H,8H2,(H,20,23)(H,21,22). The Bertz CT molecular complexity index is 892. The third-order valence-electron chi connectivity index (χ3n) is 3.55. The quantitative estimate of drug-likeness (QED) is 0.744. The predicted molar refractivity (Wildman–Crippen MR) is 88.5 cm³/mol. The molecule has 0 radical (unpaired) electrons. The summed E-state index contributed by atoms with van der Waals surface area (Å²) in [5, 5.41) is 11.8. The number of carboxylic acid groups (broad SMARTS) is 1. The van der Waals surface area contributed by atoms with Crippen LogP contribution >= 0.6 is 11.3 Å². The molecule has 1 unspecified atom stereocenters. The van der Waals surface area contributed by atoms with Gasteiger partial charge in [-0.05, 0) is 35.9 Å². The number of nitrogens with one attached hydrogen (secondary N) is 1. The summed E-state index contributed by atoms with van der Waals surface area (Å²) in [4.78, 5) is 27.7. The summed E-state index contributed by atoms with van der Waals surface area (Å²) in [5.74, 6) is -1.88. The lowest BCUT2D eigenvalue weighted by Gasteiger charge is -2.17. The predicted octanol–water partition coefficient (Wildman–Crippen LogP) is 3.38. The van der Waals surface area contributed by atoms with Crippen LogP contribution in [0.4, 0.5) is 4.39 Å². The second-order valence-electron chi connectivity index (χ2n) is 5.21. The third kappa shape index (κ3) is 3.57. The number of thiazole rings is 1. The van der Waals surface area contributed by atoms with Crippen LogP contribution in [0.5, 0.6) is 0 Å². The number of hydrogen-bond donors (Lipinski definition) is 2. The smallest absolute Gasteiger partial charge is 0.305 e. The van der Waals surface area contributed by atoms with Gasteiger partial charge in [0.1, 0.15) is 5.82 Å². The molecule has 7 heteroatoms. The Labute approximate surface area is 140 Å². The molecule has 24 heavy (non-hydrogen) atoms. The molecule has 5 nitrogen and oxygen atoms in total. The van der Waals surface area contributed by atoms with Gasteiger partial charge in [-0.15, -0.1) is 11.3 Å². The van der Waals surface area contributed by atoms with Gasteiger partial charge in [-0.2, -0.15) is 0 Å². The molecule has 1 atom stereocenters. The molecule has 3 aromatic rings. The largest absolute Gasteiger partial charge is 0.481 e. The first-order valence-corrected chi connectivity index (χ1v) is 8.02. The van der Waals surface area contributed by atoms with Crippen molar-refractivity contribution >= 4 is 33.4 Å². The summed E-state index contributed by atoms with van der Waals surface area (Å²) in [5.41, 5.74) is 3.33. The molecule has 0 aliphatic carbocycles. The number of amides is 1. The molecule has 1 heterocycles. The number of rotatable bonds is 5. The Balaban J connectivity index is 1.84. The number of hydrogen-bond acceptors (Lipinski definition) is 4. The van der Waals surface area contributed by atoms with Crippen molar-refractivity contribution in [1.82, 2.24) is 10.3 Å². The zero-order valence-electron chi connectivity index (χ0n) is 12.4. The van der Waals surface area contributed by atoms with Crippen LogP contribution < -0.4 is 5.32 Å². The third-order valence-corrected chi connectivity index (χ3v) is 4.36. The highest BCUT2D eigenvalue weighted by atomic mass is 32.1. The lowest BCUT2D eigenvalue weighted by atomic mass is 10.0. The van der Waals surface area contributed by atoms with Gasteiger partial charge in [0, 0.05) is 5.56 Å². The Kier molecular flexibility index (Phi) is 4.52. The van der Waals surface area contributed by atoms with Crippen molar-refractivity contribution in [2.24, 2.45) is 0 Å². The molecule has 122 valence electrons. The number of aliphatic carboxylic acids is 1. The normalized spacial score (nSPS) is 12.0. The molecule has 0 saturated carbocycles. The number of carbonyl (C=O) groups is 2. The summed E-state index contributed by atoms with van der Waals surface area (Å²) < 4.78 is 14.0. The van der Waals surface area contributed by atoms with Gasteiger partial charge in [-0.25, -0.2) is 9.37 Å². The van der Waals surface area contributed by atoms with Crippen molar-refractivity contribution in [3.05, 3.63) is 64.9 Å². The number of nitrogens with zero attached hydrogens (tertiary/aromatic N) is 1. The molecule has 0 bridgehead atoms. The fourth-order valence-electron chi connectivity index (χ4n) is 2.36. The van der Waals surface area contributed by atoms with Gasteiger partial charge in [-0.1, -0.05) is 12.1 Å². The molecule has 0 saturated heterocycles. The number of aromatic nitrogens is 1. The highest BCUT2D eigenvalue weighted by Crippen LogP contribution is 2.21. The minimum atomic E-state index is -1.06. The molecule has 1 aromatic heterocycles. The van der Waals surface area contributed by atoms with E-state index in [1.807, 2.05) is 0 Å². The van der Waals surface area contributed by atoms with E-state index in [2.05, 4.69) is 10.3 Å². The molecule has 0 aliphatic heterocycles. The second-order valence-corrected chi connectivity index (χ2v) is 6.10. The number of carbonyl (C=O) groups excluding carboxylic acids is 1. The Hall–Kier alpha value is -2.80. The summed E-state index contributed by atoms with van der Waals surface area (Å²) in [7, 11) is 0. The number of halogens is 1. The first-order chi connectivity index (χ1) is 11.5. The van der Waals surface area contributed by atoms with Gasteiger partial charge in [0.2, 0.25) is 0 Å². The van der Waals surface area contributed by atoms with E-state index < -0.39 is 23.7 Å². The molecule has 2 N–H and O–H groups in total. The monoisotopic (exact) mass is 344 g/mol. The van der Waals surface area contributed by atoms with Gasteiger partial charge < -0.3 is 10.4 Å². The van der Waals surface area contributed by atoms with Crippen molar-refractivity contribution in [3.63, 3.8) is 0 Å². The van der Waals surface area contributed by atoms with Crippen LogP contribution in [0.1, 0.15) is 28.4 Å². The SMILES string of the molecule is O=C(O)CC(NC(=O)c1ccc2scnc2c1)c1ccc(F)cc1. The van der Waals surface area contributed by atoms with Gasteiger partial charge in [0.25, 0.3) is 5.91 Å². The topological polar surface area (TPSA) is 79.3 Å². The Morgan fingerprint density at radius 1 is 1.21 bits per heavy atom. The van der Waals surface area contributed by atoms with Gasteiger partial charge in [-0.3, -0.25) is 9.59 Å². The van der Waals surface area contributed by atoms with Crippen LogP contribution in [0, 0.1) is 5.82 Å². The Morgan fingerprint density at radius 2 is 1.96 bits per heavy atom. The van der Waals surface area contributed by atoms with Crippen LogP contribution in [0.2, 0.25) is 0 Å². The van der Waals surface area contributed by atoms with Gasteiger partial charge in [0.05, 0.1) is 28.2 Å². The maximum absolute atomic E-state index is 13.0. The first-order valence-electron chi connectivity index (χ1n) is 7.14. The summed E-state index contributed by atoms with van der Waals surface area (Å²) in [6.45, 7) is 0. The lowest BCUT2D eigenvalue weighted by molar-refractivity contribution is -0.137. The molecule has 1 amide bonds. The summed E-state index contributed by atoms with van der Waals surface area (Å²) in [6, 6.07) is 9.77. The number of carboxylic acids is 1. The number of benzene rings is 2. The fourth-order valence-corrected chi connectivity index (χ4v) is 3.02. The fraction of sp³-hybridized carbons (Fsp3) is 0.118. The second kappa shape index (κ2) is 6.76. The van der Waals surface area contributed by atoms with Crippen LogP contribution in [-0.4, -0.2) is 22.0 Å². The van der Waals surface area contributed by atoms with Crippen LogP contribution in [0.15, 0.2) is 48.0 Å². The van der Waals surface area contributed by atoms with Crippen molar-refractivity contribution in [2.45, 2.75) is 12.5 Å². The van der Waals surface area contributed by atoms with Crippen molar-refractivity contribution < 1.29 is 19.1 Å². The molecule has 0 aliphatic rings.